The van der Waals surface area contributed by atoms with Crippen molar-refractivity contribution < 1.29 is 33.4 Å². The molecule has 3 atom stereocenters. The SMILES string of the molecule is CC(C)(C)OC(=O)N[C@H](CCF)C1CCC(C(=O)N2CC[C@@H](C3CCCCC3)[C@H]2C(=O)Nc2ccc3[nH]c(C(=O)O)cc3n2)CC1. The Kier molecular flexibility index (Phi) is 10.5. The Labute approximate surface area is 269 Å². The van der Waals surface area contributed by atoms with Crippen LogP contribution in [-0.2, 0) is 14.3 Å². The fraction of sp³-hybridized carbons (Fsp3) is 0.676. The topological polar surface area (TPSA) is 154 Å². The van der Waals surface area contributed by atoms with Gasteiger partial charge in [-0.15, -0.1) is 0 Å². The van der Waals surface area contributed by atoms with Gasteiger partial charge >= 0.3 is 12.1 Å². The van der Waals surface area contributed by atoms with Gasteiger partial charge in [-0.3, -0.25) is 14.0 Å². The number of aromatic amines is 1. The van der Waals surface area contributed by atoms with E-state index in [-0.39, 0.29) is 47.7 Å². The average molecular weight is 642 g/mol. The number of anilines is 1. The van der Waals surface area contributed by atoms with E-state index in [2.05, 4.69) is 20.6 Å². The molecule has 46 heavy (non-hydrogen) atoms. The third-order valence-electron chi connectivity index (χ3n) is 10.0. The quantitative estimate of drug-likeness (QED) is 0.260. The number of pyridine rings is 1. The van der Waals surface area contributed by atoms with Crippen molar-refractivity contribution in [1.29, 1.82) is 0 Å². The lowest BCUT2D eigenvalue weighted by molar-refractivity contribution is -0.142. The number of alkyl carbamates (subject to hydrolysis) is 1. The van der Waals surface area contributed by atoms with Crippen molar-refractivity contribution in [2.24, 2.45) is 23.7 Å². The summed E-state index contributed by atoms with van der Waals surface area (Å²) in [6, 6.07) is 3.78. The summed E-state index contributed by atoms with van der Waals surface area (Å²) < 4.78 is 18.9. The number of H-pyrrole nitrogens is 1. The number of halogens is 1. The summed E-state index contributed by atoms with van der Waals surface area (Å²) in [6.45, 7) is 5.32. The summed E-state index contributed by atoms with van der Waals surface area (Å²) in [4.78, 5) is 61.0. The summed E-state index contributed by atoms with van der Waals surface area (Å²) in [6.07, 6.45) is 8.52. The van der Waals surface area contributed by atoms with Gasteiger partial charge in [-0.25, -0.2) is 14.6 Å². The number of nitrogens with one attached hydrogen (secondary N) is 3. The van der Waals surface area contributed by atoms with Crippen LogP contribution >= 0.6 is 0 Å². The summed E-state index contributed by atoms with van der Waals surface area (Å²) in [5.74, 6) is -0.833. The predicted octanol–water partition coefficient (Wildman–Crippen LogP) is 6.06. The summed E-state index contributed by atoms with van der Waals surface area (Å²) in [7, 11) is 0. The van der Waals surface area contributed by atoms with E-state index >= 15 is 0 Å². The van der Waals surface area contributed by atoms with Crippen LogP contribution in [0, 0.1) is 23.7 Å². The van der Waals surface area contributed by atoms with E-state index in [1.54, 1.807) is 37.8 Å². The number of fused-ring (bicyclic) bond motifs is 1. The molecular weight excluding hydrogens is 593 g/mol. The van der Waals surface area contributed by atoms with E-state index in [1.807, 2.05) is 0 Å². The predicted molar refractivity (Wildman–Crippen MR) is 171 cm³/mol. The number of ether oxygens (including phenoxy) is 1. The van der Waals surface area contributed by atoms with E-state index in [0.717, 1.165) is 32.1 Å². The smallest absolute Gasteiger partial charge is 0.407 e. The Morgan fingerprint density at radius 1 is 1.07 bits per heavy atom. The molecule has 252 valence electrons. The molecule has 2 aliphatic carbocycles. The van der Waals surface area contributed by atoms with E-state index in [4.69, 9.17) is 4.74 Å². The van der Waals surface area contributed by atoms with Crippen molar-refractivity contribution in [3.8, 4) is 0 Å². The minimum Gasteiger partial charge on any atom is -0.477 e. The van der Waals surface area contributed by atoms with E-state index in [9.17, 15) is 28.7 Å². The minimum absolute atomic E-state index is 0.0146. The first kappa shape index (κ1) is 33.7. The van der Waals surface area contributed by atoms with Crippen LogP contribution in [-0.4, -0.2) is 74.8 Å². The number of rotatable bonds is 9. The maximum atomic E-state index is 14.1. The Balaban J connectivity index is 1.27. The molecule has 3 aliphatic rings. The summed E-state index contributed by atoms with van der Waals surface area (Å²) in [5.41, 5.74) is 0.348. The molecular formula is C34H48FN5O6. The zero-order valence-electron chi connectivity index (χ0n) is 27.1. The van der Waals surface area contributed by atoms with E-state index < -0.39 is 30.4 Å². The van der Waals surface area contributed by atoms with Gasteiger partial charge in [0, 0.05) is 18.5 Å². The van der Waals surface area contributed by atoms with Crippen LogP contribution in [0.4, 0.5) is 15.0 Å². The summed E-state index contributed by atoms with van der Waals surface area (Å²) in [5, 5.41) is 15.1. The van der Waals surface area contributed by atoms with Gasteiger partial charge in [0.05, 0.1) is 17.7 Å². The number of alkyl halides is 1. The number of hydrogen-bond donors (Lipinski definition) is 4. The Morgan fingerprint density at radius 2 is 1.78 bits per heavy atom. The molecule has 5 rings (SSSR count). The molecule has 0 spiro atoms. The number of carbonyl (C=O) groups is 4. The molecule has 1 aliphatic heterocycles. The van der Waals surface area contributed by atoms with Gasteiger partial charge in [-0.05, 0) is 95.2 Å². The first-order chi connectivity index (χ1) is 21.9. The van der Waals surface area contributed by atoms with Crippen LogP contribution in [0.3, 0.4) is 0 Å². The molecule has 11 nitrogen and oxygen atoms in total. The normalized spacial score (nSPS) is 24.8. The standard InChI is InChI=1S/C34H48FN5O6/c1-34(2,3)46-33(45)38-24(15-17-35)21-9-11-22(12-10-21)31(42)40-18-16-23(20-7-5-4-6-8-20)29(40)30(41)39-28-14-13-25-26(37-28)19-27(36-25)32(43)44/h13-14,19-24,29,36H,4-12,15-18H2,1-3H3,(H,38,45)(H,43,44)(H,37,39,41)/t21?,22?,23-,24+,29-/m0/s1. The number of hydrogen-bond acceptors (Lipinski definition) is 6. The van der Waals surface area contributed by atoms with Gasteiger partial charge in [0.1, 0.15) is 23.2 Å². The molecule has 1 saturated heterocycles. The lowest BCUT2D eigenvalue weighted by atomic mass is 9.75. The van der Waals surface area contributed by atoms with Crippen LogP contribution in [0.25, 0.3) is 11.0 Å². The Bertz CT molecular complexity index is 1410. The molecule has 4 N–H and O–H groups in total. The highest BCUT2D eigenvalue weighted by atomic mass is 19.1. The van der Waals surface area contributed by atoms with Gasteiger partial charge in [-0.1, -0.05) is 32.1 Å². The van der Waals surface area contributed by atoms with Crippen molar-refractivity contribution in [2.75, 3.05) is 18.5 Å². The fourth-order valence-corrected chi connectivity index (χ4v) is 7.85. The van der Waals surface area contributed by atoms with Crippen molar-refractivity contribution >= 4 is 40.7 Å². The van der Waals surface area contributed by atoms with E-state index in [0.29, 0.717) is 55.0 Å². The largest absolute Gasteiger partial charge is 0.477 e. The maximum absolute atomic E-state index is 14.1. The molecule has 2 saturated carbocycles. The Hall–Kier alpha value is -3.70. The zero-order chi connectivity index (χ0) is 33.0. The Morgan fingerprint density at radius 3 is 2.43 bits per heavy atom. The highest BCUT2D eigenvalue weighted by molar-refractivity contribution is 5.99. The number of nitrogens with zero attached hydrogens (tertiary/aromatic N) is 2. The minimum atomic E-state index is -1.09. The fourth-order valence-electron chi connectivity index (χ4n) is 7.85. The number of carboxylic acids is 1. The second-order valence-electron chi connectivity index (χ2n) is 14.3. The van der Waals surface area contributed by atoms with Crippen molar-refractivity contribution in [2.45, 2.75) is 109 Å². The second kappa shape index (κ2) is 14.4. The van der Waals surface area contributed by atoms with Crippen molar-refractivity contribution in [3.05, 3.63) is 23.9 Å². The highest BCUT2D eigenvalue weighted by Gasteiger charge is 2.47. The molecule has 12 heteroatoms. The van der Waals surface area contributed by atoms with Crippen LogP contribution in [0.2, 0.25) is 0 Å². The molecule has 0 aromatic carbocycles. The number of aromatic nitrogens is 2. The highest BCUT2D eigenvalue weighted by Crippen LogP contribution is 2.41. The van der Waals surface area contributed by atoms with E-state index in [1.165, 1.54) is 12.5 Å². The number of likely N-dealkylation sites (tertiary alicyclic amines) is 1. The molecule has 0 unspecified atom stereocenters. The van der Waals surface area contributed by atoms with Gasteiger partial charge in [0.15, 0.2) is 0 Å². The zero-order valence-corrected chi connectivity index (χ0v) is 27.1. The lowest BCUT2D eigenvalue weighted by Gasteiger charge is -2.37. The second-order valence-corrected chi connectivity index (χ2v) is 14.3. The first-order valence-corrected chi connectivity index (χ1v) is 16.8. The van der Waals surface area contributed by atoms with Gasteiger partial charge in [-0.2, -0.15) is 0 Å². The number of amides is 3. The maximum Gasteiger partial charge on any atom is 0.407 e. The average Bonchev–Trinajstić information content (AvgIpc) is 3.65. The molecule has 3 heterocycles. The third kappa shape index (κ3) is 7.98. The molecule has 3 amide bonds. The molecule has 0 bridgehead atoms. The lowest BCUT2D eigenvalue weighted by Crippen LogP contribution is -2.50. The number of aromatic carboxylic acids is 1. The van der Waals surface area contributed by atoms with Gasteiger partial charge in [0.2, 0.25) is 11.8 Å². The third-order valence-corrected chi connectivity index (χ3v) is 10.0. The first-order valence-electron chi connectivity index (χ1n) is 16.8. The van der Waals surface area contributed by atoms with Crippen LogP contribution in [0.1, 0.15) is 102 Å². The molecule has 2 aromatic rings. The van der Waals surface area contributed by atoms with Gasteiger partial charge in [0.25, 0.3) is 0 Å². The number of carbonyl (C=O) groups excluding carboxylic acids is 3. The number of carboxylic acid groups (broad SMARTS) is 1. The van der Waals surface area contributed by atoms with Crippen LogP contribution in [0.15, 0.2) is 18.2 Å². The van der Waals surface area contributed by atoms with Crippen LogP contribution in [0.5, 0.6) is 0 Å². The molecule has 3 fully saturated rings. The summed E-state index contributed by atoms with van der Waals surface area (Å²) >= 11 is 0. The van der Waals surface area contributed by atoms with Crippen LogP contribution < -0.4 is 10.6 Å². The monoisotopic (exact) mass is 641 g/mol. The molecule has 0 radical (unpaired) electrons. The van der Waals surface area contributed by atoms with Crippen molar-refractivity contribution in [1.82, 2.24) is 20.2 Å². The van der Waals surface area contributed by atoms with Gasteiger partial charge < -0.3 is 30.4 Å². The van der Waals surface area contributed by atoms with Crippen molar-refractivity contribution in [3.63, 3.8) is 0 Å². The molecule has 2 aromatic heterocycles.